The average Bonchev–Trinajstić information content (AvgIpc) is 2.93. The predicted molar refractivity (Wildman–Crippen MR) is 129 cm³/mol. The van der Waals surface area contributed by atoms with Crippen LogP contribution in [0.5, 0.6) is 5.75 Å². The third-order valence-electron chi connectivity index (χ3n) is 5.82. The second-order valence-electron chi connectivity index (χ2n) is 8.20. The molecule has 1 aromatic carbocycles. The molecule has 2 aromatic rings. The molecule has 0 atom stereocenters. The van der Waals surface area contributed by atoms with Gasteiger partial charge < -0.3 is 9.64 Å². The molecule has 10 heteroatoms. The number of carbonyl (C=O) groups excluding carboxylic acids is 1. The molecule has 0 radical (unpaired) electrons. The van der Waals surface area contributed by atoms with Crippen molar-refractivity contribution in [3.63, 3.8) is 0 Å². The number of thiocarbonyl (C=S) groups is 1. The van der Waals surface area contributed by atoms with E-state index in [1.54, 1.807) is 13.0 Å². The fourth-order valence-electron chi connectivity index (χ4n) is 4.00. The van der Waals surface area contributed by atoms with Crippen LogP contribution in [0.3, 0.4) is 0 Å². The van der Waals surface area contributed by atoms with Gasteiger partial charge in [0.1, 0.15) is 23.6 Å². The lowest BCUT2D eigenvalue weighted by Crippen LogP contribution is -2.44. The van der Waals surface area contributed by atoms with E-state index in [1.807, 2.05) is 35.2 Å². The normalized spacial score (nSPS) is 19.2. The average molecular weight is 485 g/mol. The fourth-order valence-corrected chi connectivity index (χ4v) is 5.85. The number of hydrogen-bond donors (Lipinski definition) is 0. The summed E-state index contributed by atoms with van der Waals surface area (Å²) in [6, 6.07) is 11.2. The van der Waals surface area contributed by atoms with E-state index in [4.69, 9.17) is 22.2 Å². The van der Waals surface area contributed by atoms with Gasteiger partial charge in [-0.2, -0.15) is 5.26 Å². The zero-order valence-electron chi connectivity index (χ0n) is 18.2. The Kier molecular flexibility index (Phi) is 6.63. The van der Waals surface area contributed by atoms with E-state index in [0.29, 0.717) is 60.0 Å². The largest absolute Gasteiger partial charge is 0.490 e. The summed E-state index contributed by atoms with van der Waals surface area (Å²) in [5, 5.41) is 9.50. The monoisotopic (exact) mass is 484 g/mol. The maximum Gasteiger partial charge on any atom is 0.233 e. The standard InChI is InChI=1S/C23H24N4O4S2/c1-16-13-18(15-25-21(16)14-24)27-22(28)3-2-10-26(23(27)32)17-4-6-19(7-5-17)31-20-8-11-33(29,30)12-9-20/h4-7,13,15,20H,2-3,8-12H2,1H3. The summed E-state index contributed by atoms with van der Waals surface area (Å²) in [6.07, 6.45) is 3.37. The summed E-state index contributed by atoms with van der Waals surface area (Å²) in [5.74, 6) is 0.876. The number of nitriles is 1. The highest BCUT2D eigenvalue weighted by molar-refractivity contribution is 7.91. The van der Waals surface area contributed by atoms with Crippen molar-refractivity contribution in [2.24, 2.45) is 0 Å². The van der Waals surface area contributed by atoms with Gasteiger partial charge in [-0.15, -0.1) is 0 Å². The summed E-state index contributed by atoms with van der Waals surface area (Å²) >= 11 is 5.72. The van der Waals surface area contributed by atoms with Crippen molar-refractivity contribution in [1.82, 2.24) is 4.98 Å². The number of carbonyl (C=O) groups is 1. The molecule has 0 N–H and O–H groups in total. The van der Waals surface area contributed by atoms with Gasteiger partial charge in [-0.25, -0.2) is 13.4 Å². The Morgan fingerprint density at radius 3 is 2.52 bits per heavy atom. The number of nitrogens with zero attached hydrogens (tertiary/aromatic N) is 4. The fraction of sp³-hybridized carbons (Fsp3) is 0.391. The Morgan fingerprint density at radius 2 is 1.88 bits per heavy atom. The number of aromatic nitrogens is 1. The lowest BCUT2D eigenvalue weighted by Gasteiger charge is -2.30. The third-order valence-corrected chi connectivity index (χ3v) is 7.94. The van der Waals surface area contributed by atoms with Crippen molar-refractivity contribution >= 4 is 44.4 Å². The highest BCUT2D eigenvalue weighted by Gasteiger charge is 2.30. The highest BCUT2D eigenvalue weighted by Crippen LogP contribution is 2.28. The predicted octanol–water partition coefficient (Wildman–Crippen LogP) is 3.14. The molecule has 4 rings (SSSR count). The summed E-state index contributed by atoms with van der Waals surface area (Å²) < 4.78 is 29.2. The van der Waals surface area contributed by atoms with Crippen LogP contribution in [0.4, 0.5) is 11.4 Å². The number of benzene rings is 1. The topological polar surface area (TPSA) is 104 Å². The minimum absolute atomic E-state index is 0.111. The second-order valence-corrected chi connectivity index (χ2v) is 10.9. The number of sulfone groups is 1. The zero-order chi connectivity index (χ0) is 23.6. The second kappa shape index (κ2) is 9.45. The first-order valence-corrected chi connectivity index (χ1v) is 13.0. The van der Waals surface area contributed by atoms with Crippen molar-refractivity contribution in [1.29, 1.82) is 5.26 Å². The highest BCUT2D eigenvalue weighted by atomic mass is 32.2. The summed E-state index contributed by atoms with van der Waals surface area (Å²) in [5.41, 5.74) is 2.37. The smallest absolute Gasteiger partial charge is 0.233 e. The molecule has 0 aliphatic carbocycles. The molecule has 2 fully saturated rings. The molecule has 1 aromatic heterocycles. The van der Waals surface area contributed by atoms with Gasteiger partial charge in [0, 0.05) is 18.7 Å². The number of pyridine rings is 1. The summed E-state index contributed by atoms with van der Waals surface area (Å²) in [7, 11) is -2.93. The number of anilines is 2. The Morgan fingerprint density at radius 1 is 1.18 bits per heavy atom. The molecular formula is C23H24N4O4S2. The SMILES string of the molecule is Cc1cc(N2C(=O)CCCN(c3ccc(OC4CCS(=O)(=O)CC4)cc3)C2=S)cnc1C#N. The number of hydrogen-bond acceptors (Lipinski definition) is 7. The third kappa shape index (κ3) is 5.15. The number of aryl methyl sites for hydroxylation is 1. The maximum atomic E-state index is 12.8. The van der Waals surface area contributed by atoms with E-state index in [0.717, 1.165) is 5.69 Å². The van der Waals surface area contributed by atoms with Crippen LogP contribution in [0.15, 0.2) is 36.5 Å². The van der Waals surface area contributed by atoms with Crippen molar-refractivity contribution in [2.75, 3.05) is 27.9 Å². The summed E-state index contributed by atoms with van der Waals surface area (Å²) in [6.45, 7) is 2.36. The van der Waals surface area contributed by atoms with Gasteiger partial charge >= 0.3 is 0 Å². The molecular weight excluding hydrogens is 460 g/mol. The van der Waals surface area contributed by atoms with Crippen LogP contribution in [-0.2, 0) is 14.6 Å². The Hall–Kier alpha value is -3.03. The van der Waals surface area contributed by atoms with E-state index >= 15 is 0 Å². The van der Waals surface area contributed by atoms with E-state index in [-0.39, 0.29) is 23.5 Å². The molecule has 172 valence electrons. The van der Waals surface area contributed by atoms with Crippen LogP contribution in [0.25, 0.3) is 0 Å². The lowest BCUT2D eigenvalue weighted by molar-refractivity contribution is -0.117. The van der Waals surface area contributed by atoms with Gasteiger partial charge in [0.05, 0.1) is 23.4 Å². The molecule has 0 spiro atoms. The minimum atomic E-state index is -2.93. The van der Waals surface area contributed by atoms with Crippen LogP contribution in [0.1, 0.15) is 36.9 Å². The van der Waals surface area contributed by atoms with Gasteiger partial charge in [-0.1, -0.05) is 0 Å². The molecule has 1 amide bonds. The van der Waals surface area contributed by atoms with Gasteiger partial charge in [0.15, 0.2) is 14.9 Å². The number of amides is 1. The van der Waals surface area contributed by atoms with E-state index < -0.39 is 9.84 Å². The maximum absolute atomic E-state index is 12.8. The lowest BCUT2D eigenvalue weighted by atomic mass is 10.2. The van der Waals surface area contributed by atoms with E-state index in [9.17, 15) is 13.2 Å². The van der Waals surface area contributed by atoms with Crippen molar-refractivity contribution in [2.45, 2.75) is 38.7 Å². The molecule has 0 unspecified atom stereocenters. The molecule has 0 bridgehead atoms. The molecule has 0 saturated carbocycles. The number of ether oxygens (including phenoxy) is 1. The van der Waals surface area contributed by atoms with Crippen molar-refractivity contribution in [3.05, 3.63) is 47.8 Å². The molecule has 3 heterocycles. The quantitative estimate of drug-likeness (QED) is 0.610. The van der Waals surface area contributed by atoms with Gasteiger partial charge in [0.2, 0.25) is 5.91 Å². The summed E-state index contributed by atoms with van der Waals surface area (Å²) in [4.78, 5) is 20.4. The van der Waals surface area contributed by atoms with Gasteiger partial charge in [-0.3, -0.25) is 9.69 Å². The van der Waals surface area contributed by atoms with Gasteiger partial charge in [0.25, 0.3) is 0 Å². The van der Waals surface area contributed by atoms with Crippen molar-refractivity contribution in [3.8, 4) is 11.8 Å². The van der Waals surface area contributed by atoms with Crippen LogP contribution < -0.4 is 14.5 Å². The molecule has 2 aliphatic heterocycles. The van der Waals surface area contributed by atoms with Gasteiger partial charge in [-0.05, 0) is 74.3 Å². The van der Waals surface area contributed by atoms with E-state index in [2.05, 4.69) is 4.98 Å². The van der Waals surface area contributed by atoms with Crippen molar-refractivity contribution < 1.29 is 17.9 Å². The first kappa shape index (κ1) is 23.1. The van der Waals surface area contributed by atoms with Crippen LogP contribution in [0.2, 0.25) is 0 Å². The Bertz CT molecular complexity index is 1210. The Labute approximate surface area is 198 Å². The molecule has 2 aliphatic rings. The van der Waals surface area contributed by atoms with Crippen LogP contribution in [0, 0.1) is 18.3 Å². The molecule has 2 saturated heterocycles. The molecule has 33 heavy (non-hydrogen) atoms. The Balaban J connectivity index is 1.52. The number of rotatable bonds is 4. The first-order valence-electron chi connectivity index (χ1n) is 10.8. The van der Waals surface area contributed by atoms with Crippen LogP contribution in [-0.4, -0.2) is 48.6 Å². The zero-order valence-corrected chi connectivity index (χ0v) is 19.9. The van der Waals surface area contributed by atoms with E-state index in [1.165, 1.54) is 11.1 Å². The van der Waals surface area contributed by atoms with Crippen LogP contribution >= 0.6 is 12.2 Å². The minimum Gasteiger partial charge on any atom is -0.490 e. The molecule has 8 nitrogen and oxygen atoms in total. The first-order chi connectivity index (χ1) is 15.8.